The number of carbonyl (C=O) groups is 1. The Hall–Kier alpha value is -1.03. The van der Waals surface area contributed by atoms with Crippen molar-refractivity contribution in [3.63, 3.8) is 0 Å². The van der Waals surface area contributed by atoms with Gasteiger partial charge in [-0.2, -0.15) is 17.4 Å². The molecule has 0 radical (unpaired) electrons. The maximum Gasteiger partial charge on any atom is 0.279 e. The van der Waals surface area contributed by atoms with E-state index in [1.165, 1.54) is 4.31 Å². The molecule has 1 fully saturated rings. The lowest BCUT2D eigenvalue weighted by atomic mass is 10.2. The number of aryl methyl sites for hydroxylation is 1. The fourth-order valence-electron chi connectivity index (χ4n) is 2.11. The summed E-state index contributed by atoms with van der Waals surface area (Å²) in [5, 5.41) is 0.525. The largest absolute Gasteiger partial charge is 0.365 e. The standard InChI is InChI=1S/C12H20N4O3S2/c1-7-11(12(13)17)20-10(15-7)6-14-21(18,19)16(3)8(2)9-4-5-9/h8-9,14H,4-6H2,1-3H3,(H2,13,17). The highest BCUT2D eigenvalue weighted by molar-refractivity contribution is 7.87. The summed E-state index contributed by atoms with van der Waals surface area (Å²) in [4.78, 5) is 15.7. The van der Waals surface area contributed by atoms with E-state index in [0.717, 1.165) is 24.2 Å². The first kappa shape index (κ1) is 16.3. The molecule has 1 aromatic heterocycles. The zero-order valence-electron chi connectivity index (χ0n) is 12.3. The summed E-state index contributed by atoms with van der Waals surface area (Å²) in [5.41, 5.74) is 5.75. The Balaban J connectivity index is 2.01. The van der Waals surface area contributed by atoms with Gasteiger partial charge in [-0.3, -0.25) is 4.79 Å². The van der Waals surface area contributed by atoms with Crippen molar-refractivity contribution in [1.29, 1.82) is 0 Å². The van der Waals surface area contributed by atoms with Gasteiger partial charge in [0, 0.05) is 13.1 Å². The van der Waals surface area contributed by atoms with Gasteiger partial charge >= 0.3 is 0 Å². The van der Waals surface area contributed by atoms with Crippen LogP contribution in [0.15, 0.2) is 0 Å². The van der Waals surface area contributed by atoms with Crippen LogP contribution in [-0.4, -0.2) is 36.7 Å². The number of primary amides is 1. The third kappa shape index (κ3) is 3.79. The molecule has 9 heteroatoms. The number of nitrogens with two attached hydrogens (primary N) is 1. The summed E-state index contributed by atoms with van der Waals surface area (Å²) in [6.45, 7) is 3.65. The average molecular weight is 332 g/mol. The van der Waals surface area contributed by atoms with Gasteiger partial charge in [0.15, 0.2) is 0 Å². The number of hydrogen-bond acceptors (Lipinski definition) is 5. The number of rotatable bonds is 7. The molecule has 0 spiro atoms. The Bertz CT molecular complexity index is 637. The molecule has 1 aromatic rings. The molecule has 0 aromatic carbocycles. The van der Waals surface area contributed by atoms with Crippen molar-refractivity contribution in [3.05, 3.63) is 15.6 Å². The Morgan fingerprint density at radius 1 is 1.57 bits per heavy atom. The highest BCUT2D eigenvalue weighted by atomic mass is 32.2. The maximum absolute atomic E-state index is 12.2. The minimum Gasteiger partial charge on any atom is -0.365 e. The molecule has 1 unspecified atom stereocenters. The lowest BCUT2D eigenvalue weighted by Crippen LogP contribution is -2.43. The summed E-state index contributed by atoms with van der Waals surface area (Å²) in [5.74, 6) is -0.0891. The van der Waals surface area contributed by atoms with E-state index in [9.17, 15) is 13.2 Å². The van der Waals surface area contributed by atoms with Crippen LogP contribution < -0.4 is 10.5 Å². The van der Waals surface area contributed by atoms with Gasteiger partial charge in [0.1, 0.15) is 9.88 Å². The molecule has 1 aliphatic rings. The number of carbonyl (C=O) groups excluding carboxylic acids is 1. The van der Waals surface area contributed by atoms with Crippen molar-refractivity contribution in [2.24, 2.45) is 11.7 Å². The van der Waals surface area contributed by atoms with Crippen molar-refractivity contribution in [2.75, 3.05) is 7.05 Å². The van der Waals surface area contributed by atoms with E-state index in [1.54, 1.807) is 14.0 Å². The zero-order chi connectivity index (χ0) is 15.8. The second-order valence-electron chi connectivity index (χ2n) is 5.31. The van der Waals surface area contributed by atoms with E-state index in [0.29, 0.717) is 21.5 Å². The highest BCUT2D eigenvalue weighted by Crippen LogP contribution is 2.35. The predicted molar refractivity (Wildman–Crippen MR) is 81.1 cm³/mol. The predicted octanol–water partition coefficient (Wildman–Crippen LogP) is 0.615. The van der Waals surface area contributed by atoms with Crippen molar-refractivity contribution >= 4 is 27.5 Å². The molecule has 3 N–H and O–H groups in total. The van der Waals surface area contributed by atoms with Crippen molar-refractivity contribution in [1.82, 2.24) is 14.0 Å². The third-order valence-corrected chi connectivity index (χ3v) is 6.50. The molecule has 0 saturated heterocycles. The molecule has 1 amide bonds. The van der Waals surface area contributed by atoms with Gasteiger partial charge in [0.2, 0.25) is 0 Å². The minimum absolute atomic E-state index is 0.0123. The number of nitrogens with one attached hydrogen (secondary N) is 1. The SMILES string of the molecule is Cc1nc(CNS(=O)(=O)N(C)C(C)C2CC2)sc1C(N)=O. The number of nitrogens with zero attached hydrogens (tertiary/aromatic N) is 2. The quantitative estimate of drug-likeness (QED) is 0.763. The summed E-state index contributed by atoms with van der Waals surface area (Å²) < 4.78 is 28.3. The van der Waals surface area contributed by atoms with Gasteiger partial charge in [0.05, 0.1) is 12.2 Å². The fraction of sp³-hybridized carbons (Fsp3) is 0.667. The third-order valence-electron chi connectivity index (χ3n) is 3.73. The van der Waals surface area contributed by atoms with Crippen LogP contribution in [0, 0.1) is 12.8 Å². The Morgan fingerprint density at radius 2 is 2.19 bits per heavy atom. The number of thiazole rings is 1. The second kappa shape index (κ2) is 5.99. The summed E-state index contributed by atoms with van der Waals surface area (Å²) in [7, 11) is -1.98. The van der Waals surface area contributed by atoms with Crippen LogP contribution >= 0.6 is 11.3 Å². The molecule has 1 atom stereocenters. The van der Waals surface area contributed by atoms with E-state index < -0.39 is 16.1 Å². The van der Waals surface area contributed by atoms with E-state index in [4.69, 9.17) is 5.73 Å². The lowest BCUT2D eigenvalue weighted by molar-refractivity contribution is 0.100. The zero-order valence-corrected chi connectivity index (χ0v) is 13.9. The summed E-state index contributed by atoms with van der Waals surface area (Å²) >= 11 is 1.12. The van der Waals surface area contributed by atoms with Gasteiger partial charge in [0.25, 0.3) is 16.1 Å². The van der Waals surface area contributed by atoms with Crippen LogP contribution in [0.3, 0.4) is 0 Å². The maximum atomic E-state index is 12.2. The second-order valence-corrected chi connectivity index (χ2v) is 8.21. The van der Waals surface area contributed by atoms with Crippen molar-refractivity contribution in [2.45, 2.75) is 39.3 Å². The number of amides is 1. The van der Waals surface area contributed by atoms with E-state index in [-0.39, 0.29) is 12.6 Å². The van der Waals surface area contributed by atoms with Crippen molar-refractivity contribution in [3.8, 4) is 0 Å². The van der Waals surface area contributed by atoms with E-state index >= 15 is 0 Å². The molecule has 0 bridgehead atoms. The minimum atomic E-state index is -3.55. The van der Waals surface area contributed by atoms with Crippen molar-refractivity contribution < 1.29 is 13.2 Å². The van der Waals surface area contributed by atoms with E-state index in [1.807, 2.05) is 6.92 Å². The fourth-order valence-corrected chi connectivity index (χ4v) is 4.19. The van der Waals surface area contributed by atoms with E-state index in [2.05, 4.69) is 9.71 Å². The topological polar surface area (TPSA) is 105 Å². The first-order chi connectivity index (χ1) is 9.72. The van der Waals surface area contributed by atoms with Gasteiger partial charge in [-0.1, -0.05) is 0 Å². The molecule has 1 heterocycles. The van der Waals surface area contributed by atoms with Crippen LogP contribution in [0.5, 0.6) is 0 Å². The summed E-state index contributed by atoms with van der Waals surface area (Å²) in [6.07, 6.45) is 2.16. The molecular formula is C12H20N4O3S2. The normalized spacial score (nSPS) is 17.1. The van der Waals surface area contributed by atoms with Crippen LogP contribution in [0.1, 0.15) is 40.1 Å². The van der Waals surface area contributed by atoms with Crippen LogP contribution in [0.25, 0.3) is 0 Å². The molecule has 7 nitrogen and oxygen atoms in total. The van der Waals surface area contributed by atoms with Crippen LogP contribution in [0.4, 0.5) is 0 Å². The number of aromatic nitrogens is 1. The van der Waals surface area contributed by atoms with Gasteiger partial charge < -0.3 is 5.73 Å². The molecule has 1 aliphatic carbocycles. The first-order valence-electron chi connectivity index (χ1n) is 6.71. The molecule has 1 saturated carbocycles. The van der Waals surface area contributed by atoms with Gasteiger partial charge in [-0.05, 0) is 32.6 Å². The molecule has 118 valence electrons. The molecule has 2 rings (SSSR count). The van der Waals surface area contributed by atoms with Gasteiger partial charge in [-0.15, -0.1) is 11.3 Å². The molecular weight excluding hydrogens is 312 g/mol. The molecule has 0 aliphatic heterocycles. The smallest absolute Gasteiger partial charge is 0.279 e. The molecule has 21 heavy (non-hydrogen) atoms. The Morgan fingerprint density at radius 3 is 2.67 bits per heavy atom. The Labute approximate surface area is 128 Å². The monoisotopic (exact) mass is 332 g/mol. The number of hydrogen-bond donors (Lipinski definition) is 2. The first-order valence-corrected chi connectivity index (χ1v) is 8.96. The van der Waals surface area contributed by atoms with Gasteiger partial charge in [-0.25, -0.2) is 4.98 Å². The highest BCUT2D eigenvalue weighted by Gasteiger charge is 2.35. The lowest BCUT2D eigenvalue weighted by Gasteiger charge is -2.24. The summed E-state index contributed by atoms with van der Waals surface area (Å²) in [6, 6.07) is -0.0123. The van der Waals surface area contributed by atoms with Crippen LogP contribution in [0.2, 0.25) is 0 Å². The van der Waals surface area contributed by atoms with Crippen LogP contribution in [-0.2, 0) is 16.8 Å². The Kier molecular flexibility index (Phi) is 4.66. The average Bonchev–Trinajstić information content (AvgIpc) is 3.18.